The Balaban J connectivity index is 2.03. The Labute approximate surface area is 101 Å². The molecular weight excluding hydrogens is 214 g/mol. The van der Waals surface area contributed by atoms with Gasteiger partial charge in [0.05, 0.1) is 0 Å². The predicted octanol–water partition coefficient (Wildman–Crippen LogP) is 1.53. The van der Waals surface area contributed by atoms with E-state index in [1.54, 1.807) is 12.1 Å². The summed E-state index contributed by atoms with van der Waals surface area (Å²) in [6, 6.07) is 9.17. The van der Waals surface area contributed by atoms with Crippen molar-refractivity contribution in [3.63, 3.8) is 0 Å². The van der Waals surface area contributed by atoms with Gasteiger partial charge < -0.3 is 10.8 Å². The molecule has 1 aliphatic rings. The number of nitrogens with two attached hydrogens (primary N) is 1. The molecule has 0 spiro atoms. The highest BCUT2D eigenvalue weighted by atomic mass is 16.3. The summed E-state index contributed by atoms with van der Waals surface area (Å²) in [5, 5.41) is 9.06. The highest BCUT2D eigenvalue weighted by Crippen LogP contribution is 2.29. The first-order chi connectivity index (χ1) is 8.13. The lowest BCUT2D eigenvalue weighted by Gasteiger charge is -2.22. The number of benzene rings is 1. The molecule has 0 aliphatic heterocycles. The summed E-state index contributed by atoms with van der Waals surface area (Å²) in [5.41, 5.74) is 6.24. The van der Waals surface area contributed by atoms with Gasteiger partial charge >= 0.3 is 0 Å². The highest BCUT2D eigenvalue weighted by molar-refractivity contribution is 5.97. The average molecular weight is 231 g/mol. The molecule has 2 rings (SSSR count). The molecule has 3 heteroatoms. The van der Waals surface area contributed by atoms with Crippen LogP contribution >= 0.6 is 0 Å². The fraction of sp³-hybridized carbons (Fsp3) is 0.357. The van der Waals surface area contributed by atoms with Crippen LogP contribution in [-0.2, 0) is 0 Å². The molecule has 1 aromatic rings. The molecule has 3 N–H and O–H groups in total. The fourth-order valence-electron chi connectivity index (χ4n) is 2.23. The topological polar surface area (TPSA) is 63.3 Å². The zero-order valence-electron chi connectivity index (χ0n) is 9.67. The summed E-state index contributed by atoms with van der Waals surface area (Å²) in [5.74, 6) is 0.139. The quantitative estimate of drug-likeness (QED) is 0.610. The summed E-state index contributed by atoms with van der Waals surface area (Å²) < 4.78 is 0. The van der Waals surface area contributed by atoms with Crippen LogP contribution in [0, 0.1) is 5.92 Å². The van der Waals surface area contributed by atoms with Crippen molar-refractivity contribution in [1.82, 2.24) is 0 Å². The van der Waals surface area contributed by atoms with E-state index in [0.717, 1.165) is 0 Å². The molecule has 0 fully saturated rings. The molecule has 1 aromatic carbocycles. The monoisotopic (exact) mass is 231 g/mol. The van der Waals surface area contributed by atoms with Crippen LogP contribution in [0.1, 0.15) is 23.2 Å². The van der Waals surface area contributed by atoms with E-state index in [2.05, 4.69) is 0 Å². The summed E-state index contributed by atoms with van der Waals surface area (Å²) in [6.45, 7) is 0.0922. The predicted molar refractivity (Wildman–Crippen MR) is 66.6 cm³/mol. The standard InChI is InChI=1S/C14H17NO2/c15-14(7-6-11(8-14)10-16)9-13(17)12-4-2-1-3-5-12/h1-7,11,16H,8-10,15H2. The number of aliphatic hydroxyl groups is 1. The number of hydrogen-bond acceptors (Lipinski definition) is 3. The van der Waals surface area contributed by atoms with Crippen LogP contribution < -0.4 is 5.73 Å². The SMILES string of the molecule is NC1(CC(=O)c2ccccc2)C=CC(CO)C1. The molecule has 0 aromatic heterocycles. The van der Waals surface area contributed by atoms with E-state index in [9.17, 15) is 4.79 Å². The van der Waals surface area contributed by atoms with Gasteiger partial charge in [-0.2, -0.15) is 0 Å². The Kier molecular flexibility index (Phi) is 3.41. The molecule has 0 heterocycles. The minimum atomic E-state index is -0.597. The smallest absolute Gasteiger partial charge is 0.165 e. The van der Waals surface area contributed by atoms with E-state index in [0.29, 0.717) is 18.4 Å². The zero-order valence-corrected chi connectivity index (χ0v) is 9.67. The third-order valence-corrected chi connectivity index (χ3v) is 3.16. The second-order valence-corrected chi connectivity index (χ2v) is 4.71. The van der Waals surface area contributed by atoms with E-state index in [4.69, 9.17) is 10.8 Å². The van der Waals surface area contributed by atoms with Crippen LogP contribution in [-0.4, -0.2) is 23.0 Å². The van der Waals surface area contributed by atoms with Crippen LogP contribution in [0.5, 0.6) is 0 Å². The molecule has 1 aliphatic carbocycles. The minimum absolute atomic E-state index is 0.0522. The summed E-state index contributed by atoms with van der Waals surface area (Å²) in [6.07, 6.45) is 4.69. The molecule has 0 bridgehead atoms. The molecule has 0 saturated heterocycles. The van der Waals surface area contributed by atoms with Crippen molar-refractivity contribution in [2.75, 3.05) is 6.61 Å². The summed E-state index contributed by atoms with van der Waals surface area (Å²) >= 11 is 0. The van der Waals surface area contributed by atoms with Gasteiger partial charge in [-0.1, -0.05) is 42.5 Å². The lowest BCUT2D eigenvalue weighted by Crippen LogP contribution is -2.39. The third-order valence-electron chi connectivity index (χ3n) is 3.16. The van der Waals surface area contributed by atoms with E-state index in [1.807, 2.05) is 30.4 Å². The number of rotatable bonds is 4. The van der Waals surface area contributed by atoms with Crippen molar-refractivity contribution in [2.45, 2.75) is 18.4 Å². The van der Waals surface area contributed by atoms with Gasteiger partial charge in [0, 0.05) is 30.0 Å². The van der Waals surface area contributed by atoms with Crippen molar-refractivity contribution < 1.29 is 9.90 Å². The van der Waals surface area contributed by atoms with E-state index in [1.165, 1.54) is 0 Å². The van der Waals surface area contributed by atoms with Gasteiger partial charge in [-0.3, -0.25) is 4.79 Å². The van der Waals surface area contributed by atoms with Gasteiger partial charge in [0.25, 0.3) is 0 Å². The maximum Gasteiger partial charge on any atom is 0.165 e. The number of hydrogen-bond donors (Lipinski definition) is 2. The van der Waals surface area contributed by atoms with Crippen LogP contribution in [0.15, 0.2) is 42.5 Å². The van der Waals surface area contributed by atoms with Crippen molar-refractivity contribution in [3.8, 4) is 0 Å². The number of Topliss-reactive ketones (excluding diaryl/α,β-unsaturated/α-hetero) is 1. The largest absolute Gasteiger partial charge is 0.396 e. The first-order valence-corrected chi connectivity index (χ1v) is 5.80. The number of ketones is 1. The third kappa shape index (κ3) is 2.81. The number of carbonyl (C=O) groups is 1. The van der Waals surface area contributed by atoms with E-state index < -0.39 is 5.54 Å². The average Bonchev–Trinajstić information content (AvgIpc) is 2.72. The van der Waals surface area contributed by atoms with Crippen molar-refractivity contribution >= 4 is 5.78 Å². The minimum Gasteiger partial charge on any atom is -0.396 e. The molecule has 17 heavy (non-hydrogen) atoms. The Morgan fingerprint density at radius 3 is 2.71 bits per heavy atom. The first-order valence-electron chi connectivity index (χ1n) is 5.80. The molecule has 0 saturated carbocycles. The molecular formula is C14H17NO2. The van der Waals surface area contributed by atoms with E-state index in [-0.39, 0.29) is 18.3 Å². The van der Waals surface area contributed by atoms with Gasteiger partial charge in [-0.15, -0.1) is 0 Å². The normalized spacial score (nSPS) is 27.3. The highest BCUT2D eigenvalue weighted by Gasteiger charge is 2.32. The van der Waals surface area contributed by atoms with Crippen LogP contribution in [0.3, 0.4) is 0 Å². The number of carbonyl (C=O) groups excluding carboxylic acids is 1. The lowest BCUT2D eigenvalue weighted by molar-refractivity contribution is 0.0957. The summed E-state index contributed by atoms with van der Waals surface area (Å²) in [7, 11) is 0. The van der Waals surface area contributed by atoms with Gasteiger partial charge in [-0.25, -0.2) is 0 Å². The van der Waals surface area contributed by atoms with E-state index >= 15 is 0 Å². The fourth-order valence-corrected chi connectivity index (χ4v) is 2.23. The van der Waals surface area contributed by atoms with Gasteiger partial charge in [0.15, 0.2) is 5.78 Å². The second-order valence-electron chi connectivity index (χ2n) is 4.71. The van der Waals surface area contributed by atoms with Gasteiger partial charge in [-0.05, 0) is 6.42 Å². The Morgan fingerprint density at radius 2 is 2.12 bits per heavy atom. The van der Waals surface area contributed by atoms with Crippen molar-refractivity contribution in [2.24, 2.45) is 11.7 Å². The molecule has 90 valence electrons. The molecule has 2 unspecified atom stereocenters. The molecule has 0 amide bonds. The molecule has 3 nitrogen and oxygen atoms in total. The Bertz CT molecular complexity index is 427. The first kappa shape index (κ1) is 12.0. The number of aliphatic hydroxyl groups excluding tert-OH is 1. The van der Waals surface area contributed by atoms with Crippen molar-refractivity contribution in [3.05, 3.63) is 48.0 Å². The molecule has 0 radical (unpaired) electrons. The molecule has 2 atom stereocenters. The van der Waals surface area contributed by atoms with Crippen LogP contribution in [0.2, 0.25) is 0 Å². The maximum atomic E-state index is 12.0. The lowest BCUT2D eigenvalue weighted by atomic mass is 9.89. The second kappa shape index (κ2) is 4.82. The van der Waals surface area contributed by atoms with Crippen LogP contribution in [0.25, 0.3) is 0 Å². The maximum absolute atomic E-state index is 12.0. The van der Waals surface area contributed by atoms with Crippen LogP contribution in [0.4, 0.5) is 0 Å². The Hall–Kier alpha value is -1.45. The zero-order chi connectivity index (χ0) is 12.3. The summed E-state index contributed by atoms with van der Waals surface area (Å²) in [4.78, 5) is 12.0. The van der Waals surface area contributed by atoms with Gasteiger partial charge in [0.1, 0.15) is 0 Å². The Morgan fingerprint density at radius 1 is 1.41 bits per heavy atom. The van der Waals surface area contributed by atoms with Gasteiger partial charge in [0.2, 0.25) is 0 Å². The van der Waals surface area contributed by atoms with Crippen molar-refractivity contribution in [1.29, 1.82) is 0 Å².